The molecule has 3 rings (SSSR count). The molecule has 0 aliphatic carbocycles. The van der Waals surface area contributed by atoms with Crippen molar-refractivity contribution in [3.05, 3.63) is 46.0 Å². The van der Waals surface area contributed by atoms with Crippen LogP contribution in [0.1, 0.15) is 10.6 Å². The maximum atomic E-state index is 12.3. The summed E-state index contributed by atoms with van der Waals surface area (Å²) in [4.78, 5) is 20.3. The van der Waals surface area contributed by atoms with Crippen molar-refractivity contribution in [3.63, 3.8) is 0 Å². The van der Waals surface area contributed by atoms with Gasteiger partial charge in [-0.1, -0.05) is 11.6 Å². The fraction of sp³-hybridized carbons (Fsp3) is 0.0714. The van der Waals surface area contributed by atoms with Crippen molar-refractivity contribution in [2.75, 3.05) is 12.4 Å². The summed E-state index contributed by atoms with van der Waals surface area (Å²) >= 11 is 9.23. The second-order valence-electron chi connectivity index (χ2n) is 4.27. The number of hydrogen-bond acceptors (Lipinski definition) is 5. The van der Waals surface area contributed by atoms with E-state index in [9.17, 15) is 4.79 Å². The first-order valence-electron chi connectivity index (χ1n) is 6.14. The number of furan rings is 1. The lowest BCUT2D eigenvalue weighted by Crippen LogP contribution is -2.11. The zero-order valence-corrected chi connectivity index (χ0v) is 13.6. The van der Waals surface area contributed by atoms with Gasteiger partial charge in [0.05, 0.1) is 18.2 Å². The van der Waals surface area contributed by atoms with Crippen LogP contribution >= 0.6 is 27.5 Å². The Balaban J connectivity index is 1.88. The molecule has 1 N–H and O–H groups in total. The van der Waals surface area contributed by atoms with E-state index in [1.165, 1.54) is 13.3 Å². The van der Waals surface area contributed by atoms with E-state index in [4.69, 9.17) is 20.8 Å². The molecule has 1 amide bonds. The number of halogens is 2. The summed E-state index contributed by atoms with van der Waals surface area (Å²) in [6.07, 6.45) is 1.51. The molecular weight excluding hydrogens is 374 g/mol. The Kier molecular flexibility index (Phi) is 4.00. The summed E-state index contributed by atoms with van der Waals surface area (Å²) in [6.45, 7) is 0. The number of anilines is 1. The Hall–Kier alpha value is -2.12. The molecule has 3 aromatic rings. The number of ether oxygens (including phenoxy) is 1. The molecule has 3 heterocycles. The summed E-state index contributed by atoms with van der Waals surface area (Å²) in [5.41, 5.74) is 0.993. The van der Waals surface area contributed by atoms with Crippen LogP contribution in [0.25, 0.3) is 11.0 Å². The minimum atomic E-state index is -0.417. The van der Waals surface area contributed by atoms with Crippen molar-refractivity contribution in [2.24, 2.45) is 0 Å². The average molecular weight is 383 g/mol. The summed E-state index contributed by atoms with van der Waals surface area (Å²) in [7, 11) is 1.51. The number of pyridine rings is 2. The normalized spacial score (nSPS) is 10.7. The van der Waals surface area contributed by atoms with E-state index in [0.717, 1.165) is 0 Å². The van der Waals surface area contributed by atoms with E-state index in [2.05, 4.69) is 31.2 Å². The molecule has 0 fully saturated rings. The summed E-state index contributed by atoms with van der Waals surface area (Å²) in [5.74, 6) is 0.152. The minimum absolute atomic E-state index is 0.132. The standard InChI is InChI=1S/C14H9BrClN3O3/c1-21-11-3-2-8(12(15)19-11)18-14(20)10-6-7-9(22-10)4-5-17-13(7)16/h2-6H,1H3,(H,18,20). The Labute approximate surface area is 138 Å². The molecule has 0 unspecified atom stereocenters. The summed E-state index contributed by atoms with van der Waals surface area (Å²) in [5, 5.41) is 3.57. The predicted octanol–water partition coefficient (Wildman–Crippen LogP) is 3.90. The quantitative estimate of drug-likeness (QED) is 0.695. The lowest BCUT2D eigenvalue weighted by atomic mass is 10.3. The van der Waals surface area contributed by atoms with Crippen LogP contribution in [0, 0.1) is 0 Å². The molecule has 0 saturated heterocycles. The van der Waals surface area contributed by atoms with Crippen LogP contribution in [0.15, 0.2) is 39.5 Å². The Morgan fingerprint density at radius 1 is 1.41 bits per heavy atom. The molecule has 112 valence electrons. The van der Waals surface area contributed by atoms with Crippen molar-refractivity contribution in [2.45, 2.75) is 0 Å². The fourth-order valence-electron chi connectivity index (χ4n) is 1.85. The minimum Gasteiger partial charge on any atom is -0.481 e. The van der Waals surface area contributed by atoms with E-state index < -0.39 is 5.91 Å². The van der Waals surface area contributed by atoms with Crippen molar-refractivity contribution >= 4 is 50.1 Å². The number of aromatic nitrogens is 2. The molecule has 22 heavy (non-hydrogen) atoms. The number of rotatable bonds is 3. The molecule has 0 aliphatic rings. The van der Waals surface area contributed by atoms with Gasteiger partial charge in [0.15, 0.2) is 5.76 Å². The van der Waals surface area contributed by atoms with E-state index >= 15 is 0 Å². The number of carbonyl (C=O) groups excluding carboxylic acids is 1. The van der Waals surface area contributed by atoms with Crippen LogP contribution in [0.5, 0.6) is 5.88 Å². The lowest BCUT2D eigenvalue weighted by molar-refractivity contribution is 0.0998. The number of fused-ring (bicyclic) bond motifs is 1. The third-order valence-corrected chi connectivity index (χ3v) is 3.81. The topological polar surface area (TPSA) is 77.2 Å². The van der Waals surface area contributed by atoms with Crippen LogP contribution < -0.4 is 10.1 Å². The van der Waals surface area contributed by atoms with Gasteiger partial charge in [0, 0.05) is 18.3 Å². The molecule has 3 aromatic heterocycles. The highest BCUT2D eigenvalue weighted by atomic mass is 79.9. The fourth-order valence-corrected chi connectivity index (χ4v) is 2.46. The van der Waals surface area contributed by atoms with Crippen LogP contribution in [0.2, 0.25) is 5.15 Å². The highest BCUT2D eigenvalue weighted by Crippen LogP contribution is 2.27. The first kappa shape index (κ1) is 14.8. The summed E-state index contributed by atoms with van der Waals surface area (Å²) < 4.78 is 10.9. The molecular formula is C14H9BrClN3O3. The third kappa shape index (κ3) is 2.77. The molecule has 0 radical (unpaired) electrons. The van der Waals surface area contributed by atoms with Gasteiger partial charge in [-0.3, -0.25) is 4.79 Å². The number of nitrogens with one attached hydrogen (secondary N) is 1. The van der Waals surface area contributed by atoms with E-state index in [1.807, 2.05) is 0 Å². The Bertz CT molecular complexity index is 866. The molecule has 0 atom stereocenters. The number of methoxy groups -OCH3 is 1. The largest absolute Gasteiger partial charge is 0.481 e. The average Bonchev–Trinajstić information content (AvgIpc) is 2.95. The smallest absolute Gasteiger partial charge is 0.291 e. The third-order valence-electron chi connectivity index (χ3n) is 2.90. The highest BCUT2D eigenvalue weighted by molar-refractivity contribution is 9.10. The molecule has 0 bridgehead atoms. The first-order chi connectivity index (χ1) is 10.6. The maximum Gasteiger partial charge on any atom is 0.291 e. The summed E-state index contributed by atoms with van der Waals surface area (Å²) in [6, 6.07) is 6.50. The van der Waals surface area contributed by atoms with Gasteiger partial charge >= 0.3 is 0 Å². The Morgan fingerprint density at radius 3 is 2.91 bits per heavy atom. The van der Waals surface area contributed by atoms with Crippen molar-refractivity contribution in [1.82, 2.24) is 9.97 Å². The zero-order chi connectivity index (χ0) is 15.7. The van der Waals surface area contributed by atoms with Gasteiger partial charge in [0.25, 0.3) is 5.91 Å². The highest BCUT2D eigenvalue weighted by Gasteiger charge is 2.16. The second-order valence-corrected chi connectivity index (χ2v) is 5.38. The van der Waals surface area contributed by atoms with Crippen LogP contribution in [0.3, 0.4) is 0 Å². The van der Waals surface area contributed by atoms with Gasteiger partial charge in [0.1, 0.15) is 15.3 Å². The molecule has 8 heteroatoms. The maximum absolute atomic E-state index is 12.3. The molecule has 6 nitrogen and oxygen atoms in total. The van der Waals surface area contributed by atoms with Crippen molar-refractivity contribution < 1.29 is 13.9 Å². The van der Waals surface area contributed by atoms with E-state index in [0.29, 0.717) is 27.1 Å². The van der Waals surface area contributed by atoms with Gasteiger partial charge in [-0.15, -0.1) is 0 Å². The van der Waals surface area contributed by atoms with Crippen LogP contribution in [-0.4, -0.2) is 23.0 Å². The van der Waals surface area contributed by atoms with E-state index in [1.54, 1.807) is 24.3 Å². The number of nitrogens with zero attached hydrogens (tertiary/aromatic N) is 2. The zero-order valence-electron chi connectivity index (χ0n) is 11.3. The van der Waals surface area contributed by atoms with Crippen LogP contribution in [-0.2, 0) is 0 Å². The lowest BCUT2D eigenvalue weighted by Gasteiger charge is -2.06. The van der Waals surface area contributed by atoms with E-state index in [-0.39, 0.29) is 10.9 Å². The van der Waals surface area contributed by atoms with Crippen molar-refractivity contribution in [3.8, 4) is 5.88 Å². The molecule has 0 saturated carbocycles. The van der Waals surface area contributed by atoms with Gasteiger partial charge in [-0.05, 0) is 28.1 Å². The first-order valence-corrected chi connectivity index (χ1v) is 7.31. The van der Waals surface area contributed by atoms with Gasteiger partial charge in [0.2, 0.25) is 5.88 Å². The SMILES string of the molecule is COc1ccc(NC(=O)c2cc3c(Cl)nccc3o2)c(Br)n1. The number of amides is 1. The molecule has 0 aromatic carbocycles. The predicted molar refractivity (Wildman–Crippen MR) is 85.5 cm³/mol. The van der Waals surface area contributed by atoms with Gasteiger partial charge in [-0.2, -0.15) is 0 Å². The molecule has 0 aliphatic heterocycles. The van der Waals surface area contributed by atoms with Crippen molar-refractivity contribution in [1.29, 1.82) is 0 Å². The second kappa shape index (κ2) is 5.94. The monoisotopic (exact) mass is 381 g/mol. The van der Waals surface area contributed by atoms with Crippen LogP contribution in [0.4, 0.5) is 5.69 Å². The Morgan fingerprint density at radius 2 is 2.23 bits per heavy atom. The number of hydrogen-bond donors (Lipinski definition) is 1. The molecule has 0 spiro atoms. The van der Waals surface area contributed by atoms with Gasteiger partial charge in [-0.25, -0.2) is 9.97 Å². The number of carbonyl (C=O) groups is 1. The van der Waals surface area contributed by atoms with Gasteiger partial charge < -0.3 is 14.5 Å².